The Hall–Kier alpha value is -3.57. The molecule has 0 unspecified atom stereocenters. The maximum atomic E-state index is 12.7. The first-order valence-corrected chi connectivity index (χ1v) is 8.64. The number of hydrogen-bond acceptors (Lipinski definition) is 5. The summed E-state index contributed by atoms with van der Waals surface area (Å²) in [6.45, 7) is 1.56. The van der Waals surface area contributed by atoms with E-state index in [0.717, 1.165) is 5.56 Å². The second-order valence-electron chi connectivity index (χ2n) is 6.45. The molecule has 10 nitrogen and oxygen atoms in total. The topological polar surface area (TPSA) is 112 Å². The monoisotopic (exact) mass is 406 g/mol. The summed E-state index contributed by atoms with van der Waals surface area (Å²) in [4.78, 5) is 24.9. The van der Waals surface area contributed by atoms with E-state index in [0.29, 0.717) is 5.69 Å². The van der Waals surface area contributed by atoms with E-state index in [1.54, 1.807) is 38.1 Å². The molecule has 2 N–H and O–H groups in total. The zero-order chi connectivity index (χ0) is 21.1. The third kappa shape index (κ3) is 4.65. The first kappa shape index (κ1) is 20.2. The SMILES string of the molecule is Cc1cc(C(F)F)nn1CC(=O)Nc1cnn(C)c1C(=O)NCc1cnn(C)c1. The third-order valence-corrected chi connectivity index (χ3v) is 4.16. The smallest absolute Gasteiger partial charge is 0.282 e. The van der Waals surface area contributed by atoms with Gasteiger partial charge in [0.15, 0.2) is 0 Å². The van der Waals surface area contributed by atoms with Crippen LogP contribution in [0, 0.1) is 6.92 Å². The van der Waals surface area contributed by atoms with Gasteiger partial charge in [0.2, 0.25) is 5.91 Å². The average molecular weight is 406 g/mol. The molecule has 0 radical (unpaired) electrons. The van der Waals surface area contributed by atoms with E-state index in [1.807, 2.05) is 0 Å². The summed E-state index contributed by atoms with van der Waals surface area (Å²) in [6, 6.07) is 1.22. The molecule has 0 bridgehead atoms. The molecule has 3 heterocycles. The Morgan fingerprint density at radius 3 is 2.59 bits per heavy atom. The lowest BCUT2D eigenvalue weighted by Gasteiger charge is -2.09. The van der Waals surface area contributed by atoms with Gasteiger partial charge in [-0.25, -0.2) is 8.78 Å². The van der Waals surface area contributed by atoms with E-state index in [4.69, 9.17) is 0 Å². The van der Waals surface area contributed by atoms with Crippen LogP contribution in [-0.4, -0.2) is 41.2 Å². The minimum Gasteiger partial charge on any atom is -0.346 e. The van der Waals surface area contributed by atoms with Gasteiger partial charge in [-0.1, -0.05) is 0 Å². The van der Waals surface area contributed by atoms with Crippen molar-refractivity contribution in [2.24, 2.45) is 14.1 Å². The molecule has 0 spiro atoms. The van der Waals surface area contributed by atoms with Crippen LogP contribution >= 0.6 is 0 Å². The Balaban J connectivity index is 1.67. The van der Waals surface area contributed by atoms with E-state index >= 15 is 0 Å². The van der Waals surface area contributed by atoms with Crippen molar-refractivity contribution in [3.63, 3.8) is 0 Å². The predicted octanol–water partition coefficient (Wildman–Crippen LogP) is 1.16. The van der Waals surface area contributed by atoms with Crippen LogP contribution in [0.4, 0.5) is 14.5 Å². The van der Waals surface area contributed by atoms with Gasteiger partial charge >= 0.3 is 0 Å². The molecule has 0 fully saturated rings. The molecule has 0 atom stereocenters. The number of aromatic nitrogens is 6. The summed E-state index contributed by atoms with van der Waals surface area (Å²) < 4.78 is 29.6. The number of aryl methyl sites for hydroxylation is 3. The van der Waals surface area contributed by atoms with Gasteiger partial charge in [0.1, 0.15) is 17.9 Å². The molecule has 3 rings (SSSR count). The molecule has 2 amide bonds. The molecular formula is C17H20F2N8O2. The minimum absolute atomic E-state index is 0.160. The minimum atomic E-state index is -2.72. The molecule has 0 aliphatic heterocycles. The molecule has 0 aromatic carbocycles. The highest BCUT2D eigenvalue weighted by Gasteiger charge is 2.20. The number of amides is 2. The Labute approximate surface area is 164 Å². The summed E-state index contributed by atoms with van der Waals surface area (Å²) >= 11 is 0. The van der Waals surface area contributed by atoms with Crippen molar-refractivity contribution < 1.29 is 18.4 Å². The van der Waals surface area contributed by atoms with E-state index in [-0.39, 0.29) is 24.5 Å². The highest BCUT2D eigenvalue weighted by molar-refractivity contribution is 6.02. The van der Waals surface area contributed by atoms with Crippen molar-refractivity contribution in [3.8, 4) is 0 Å². The molecule has 0 aliphatic rings. The average Bonchev–Trinajstić information content (AvgIpc) is 3.33. The van der Waals surface area contributed by atoms with Crippen molar-refractivity contribution in [2.45, 2.75) is 26.4 Å². The Morgan fingerprint density at radius 2 is 1.97 bits per heavy atom. The molecule has 3 aromatic heterocycles. The van der Waals surface area contributed by atoms with Crippen molar-refractivity contribution in [2.75, 3.05) is 5.32 Å². The molecule has 154 valence electrons. The number of carbonyl (C=O) groups excluding carboxylic acids is 2. The highest BCUT2D eigenvalue weighted by Crippen LogP contribution is 2.18. The van der Waals surface area contributed by atoms with Crippen LogP contribution in [0.1, 0.15) is 33.9 Å². The van der Waals surface area contributed by atoms with Gasteiger partial charge in [-0.3, -0.25) is 23.6 Å². The second-order valence-corrected chi connectivity index (χ2v) is 6.45. The van der Waals surface area contributed by atoms with Crippen LogP contribution in [-0.2, 0) is 32.0 Å². The van der Waals surface area contributed by atoms with Crippen molar-refractivity contribution >= 4 is 17.5 Å². The fourth-order valence-corrected chi connectivity index (χ4v) is 2.76. The van der Waals surface area contributed by atoms with Gasteiger partial charge in [-0.15, -0.1) is 0 Å². The lowest BCUT2D eigenvalue weighted by molar-refractivity contribution is -0.117. The third-order valence-electron chi connectivity index (χ3n) is 4.16. The van der Waals surface area contributed by atoms with Crippen LogP contribution < -0.4 is 10.6 Å². The lowest BCUT2D eigenvalue weighted by Crippen LogP contribution is -2.27. The van der Waals surface area contributed by atoms with Gasteiger partial charge in [-0.2, -0.15) is 15.3 Å². The van der Waals surface area contributed by atoms with E-state index in [2.05, 4.69) is 25.9 Å². The summed E-state index contributed by atoms with van der Waals surface area (Å²) in [7, 11) is 3.34. The Morgan fingerprint density at radius 1 is 1.21 bits per heavy atom. The number of rotatable bonds is 7. The standard InChI is InChI=1S/C17H20F2N8O2/c1-10-4-12(16(18)19)24-27(10)9-14(28)23-13-7-22-26(3)15(13)17(29)20-5-11-6-21-25(2)8-11/h4,6-8,16H,5,9H2,1-3H3,(H,20,29)(H,23,28). The molecular weight excluding hydrogens is 386 g/mol. The van der Waals surface area contributed by atoms with Gasteiger partial charge in [-0.05, 0) is 13.0 Å². The number of alkyl halides is 2. The molecule has 29 heavy (non-hydrogen) atoms. The van der Waals surface area contributed by atoms with Crippen LogP contribution in [0.25, 0.3) is 0 Å². The van der Waals surface area contributed by atoms with Gasteiger partial charge in [0, 0.05) is 38.1 Å². The number of hydrogen-bond donors (Lipinski definition) is 2. The fourth-order valence-electron chi connectivity index (χ4n) is 2.76. The van der Waals surface area contributed by atoms with Crippen molar-refractivity contribution in [1.82, 2.24) is 34.7 Å². The van der Waals surface area contributed by atoms with E-state index < -0.39 is 23.9 Å². The molecule has 0 aliphatic carbocycles. The second kappa shape index (κ2) is 8.20. The van der Waals surface area contributed by atoms with E-state index in [9.17, 15) is 18.4 Å². The zero-order valence-corrected chi connectivity index (χ0v) is 16.1. The first-order valence-electron chi connectivity index (χ1n) is 8.64. The highest BCUT2D eigenvalue weighted by atomic mass is 19.3. The number of anilines is 1. The van der Waals surface area contributed by atoms with Crippen LogP contribution in [0.3, 0.4) is 0 Å². The summed E-state index contributed by atoms with van der Waals surface area (Å²) in [5.74, 6) is -0.953. The van der Waals surface area contributed by atoms with Crippen molar-refractivity contribution in [3.05, 3.63) is 47.3 Å². The number of nitrogens with one attached hydrogen (secondary N) is 2. The lowest BCUT2D eigenvalue weighted by atomic mass is 10.3. The fraction of sp³-hybridized carbons (Fsp3) is 0.353. The Kier molecular flexibility index (Phi) is 5.71. The summed E-state index contributed by atoms with van der Waals surface area (Å²) in [5, 5.41) is 17.1. The molecule has 12 heteroatoms. The van der Waals surface area contributed by atoms with Gasteiger partial charge in [0.25, 0.3) is 12.3 Å². The molecule has 3 aromatic rings. The maximum Gasteiger partial charge on any atom is 0.282 e. The van der Waals surface area contributed by atoms with E-state index in [1.165, 1.54) is 21.6 Å². The molecule has 0 saturated heterocycles. The summed E-state index contributed by atoms with van der Waals surface area (Å²) in [6.07, 6.45) is 2.03. The quantitative estimate of drug-likeness (QED) is 0.612. The van der Waals surface area contributed by atoms with Gasteiger partial charge < -0.3 is 10.6 Å². The first-order chi connectivity index (χ1) is 13.7. The predicted molar refractivity (Wildman–Crippen MR) is 98.1 cm³/mol. The maximum absolute atomic E-state index is 12.7. The molecule has 0 saturated carbocycles. The Bertz CT molecular complexity index is 1040. The zero-order valence-electron chi connectivity index (χ0n) is 16.1. The number of halogens is 2. The van der Waals surface area contributed by atoms with Crippen LogP contribution in [0.5, 0.6) is 0 Å². The summed E-state index contributed by atoms with van der Waals surface area (Å²) in [5.41, 5.74) is 1.22. The van der Waals surface area contributed by atoms with Crippen molar-refractivity contribution in [1.29, 1.82) is 0 Å². The normalized spacial score (nSPS) is 11.1. The van der Waals surface area contributed by atoms with Crippen LogP contribution in [0.15, 0.2) is 24.7 Å². The van der Waals surface area contributed by atoms with Crippen LogP contribution in [0.2, 0.25) is 0 Å². The van der Waals surface area contributed by atoms with Gasteiger partial charge in [0.05, 0.1) is 18.1 Å². The number of nitrogens with zero attached hydrogens (tertiary/aromatic N) is 6. The number of carbonyl (C=O) groups is 2. The largest absolute Gasteiger partial charge is 0.346 e.